The average Bonchev–Trinajstić information content (AvgIpc) is 2.34. The van der Waals surface area contributed by atoms with Crippen molar-refractivity contribution in [3.63, 3.8) is 0 Å². The first-order chi connectivity index (χ1) is 8.49. The van der Waals surface area contributed by atoms with Crippen molar-refractivity contribution in [2.24, 2.45) is 0 Å². The molecular formula is C11H11ClN2O4. The monoisotopic (exact) mass is 270 g/mol. The zero-order chi connectivity index (χ0) is 13.5. The van der Waals surface area contributed by atoms with E-state index in [0.717, 1.165) is 0 Å². The molecule has 0 bridgehead atoms. The Balaban J connectivity index is 2.39. The summed E-state index contributed by atoms with van der Waals surface area (Å²) in [5.41, 5.74) is 4.41. The Morgan fingerprint density at radius 1 is 1.17 bits per heavy atom. The highest BCUT2D eigenvalue weighted by atomic mass is 35.5. The molecule has 0 radical (unpaired) electrons. The van der Waals surface area contributed by atoms with E-state index in [2.05, 4.69) is 10.9 Å². The predicted molar refractivity (Wildman–Crippen MR) is 63.7 cm³/mol. The zero-order valence-electron chi connectivity index (χ0n) is 9.53. The van der Waals surface area contributed by atoms with Crippen LogP contribution in [0.5, 0.6) is 0 Å². The molecule has 0 heterocycles. The number of esters is 1. The Labute approximate surface area is 108 Å². The van der Waals surface area contributed by atoms with Gasteiger partial charge in [-0.05, 0) is 24.3 Å². The fourth-order valence-electron chi connectivity index (χ4n) is 0.994. The molecule has 0 aliphatic heterocycles. The molecule has 0 saturated heterocycles. The third-order valence-electron chi connectivity index (χ3n) is 1.79. The minimum Gasteiger partial charge on any atom is -0.452 e. The number of nitrogens with one attached hydrogen (secondary N) is 2. The number of ether oxygens (including phenoxy) is 1. The zero-order valence-corrected chi connectivity index (χ0v) is 10.3. The second kappa shape index (κ2) is 6.61. The lowest BCUT2D eigenvalue weighted by atomic mass is 10.2. The van der Waals surface area contributed by atoms with Crippen LogP contribution in [-0.4, -0.2) is 24.4 Å². The van der Waals surface area contributed by atoms with Crippen molar-refractivity contribution in [2.45, 2.75) is 6.92 Å². The molecule has 0 unspecified atom stereocenters. The summed E-state index contributed by atoms with van der Waals surface area (Å²) in [5.74, 6) is -1.70. The Hall–Kier alpha value is -2.08. The molecular weight excluding hydrogens is 260 g/mol. The molecule has 0 aliphatic carbocycles. The van der Waals surface area contributed by atoms with Gasteiger partial charge < -0.3 is 4.74 Å². The van der Waals surface area contributed by atoms with Crippen molar-refractivity contribution in [1.29, 1.82) is 0 Å². The highest BCUT2D eigenvalue weighted by Gasteiger charge is 2.09. The van der Waals surface area contributed by atoms with E-state index in [1.165, 1.54) is 31.2 Å². The molecule has 0 aliphatic rings. The molecule has 0 saturated carbocycles. The van der Waals surface area contributed by atoms with Gasteiger partial charge in [-0.15, -0.1) is 0 Å². The summed E-state index contributed by atoms with van der Waals surface area (Å²) in [4.78, 5) is 33.1. The standard InChI is InChI=1S/C11H11ClN2O4/c1-7(15)13-14-10(16)6-18-11(17)8-2-4-9(12)5-3-8/h2-5H,6H2,1H3,(H,13,15)(H,14,16). The first kappa shape index (κ1) is 14.0. The SMILES string of the molecule is CC(=O)NNC(=O)COC(=O)c1ccc(Cl)cc1. The third-order valence-corrected chi connectivity index (χ3v) is 2.04. The van der Waals surface area contributed by atoms with E-state index < -0.39 is 24.4 Å². The fourth-order valence-corrected chi connectivity index (χ4v) is 1.12. The molecule has 2 amide bonds. The normalized spacial score (nSPS) is 9.44. The Bertz CT molecular complexity index is 459. The summed E-state index contributed by atoms with van der Waals surface area (Å²) in [6.45, 7) is 0.752. The van der Waals surface area contributed by atoms with Crippen LogP contribution < -0.4 is 10.9 Å². The van der Waals surface area contributed by atoms with Gasteiger partial charge >= 0.3 is 5.97 Å². The van der Waals surface area contributed by atoms with Gasteiger partial charge in [0.1, 0.15) is 0 Å². The van der Waals surface area contributed by atoms with E-state index in [9.17, 15) is 14.4 Å². The molecule has 7 heteroatoms. The molecule has 0 fully saturated rings. The van der Waals surface area contributed by atoms with Crippen LogP contribution in [-0.2, 0) is 14.3 Å². The minimum absolute atomic E-state index is 0.284. The van der Waals surface area contributed by atoms with Crippen LogP contribution in [0.25, 0.3) is 0 Å². The van der Waals surface area contributed by atoms with Gasteiger partial charge in [-0.2, -0.15) is 0 Å². The number of carbonyl (C=O) groups excluding carboxylic acids is 3. The number of hydrogen-bond donors (Lipinski definition) is 2. The summed E-state index contributed by atoms with van der Waals surface area (Å²) in [6, 6.07) is 6.04. The summed E-state index contributed by atoms with van der Waals surface area (Å²) < 4.78 is 4.72. The summed E-state index contributed by atoms with van der Waals surface area (Å²) in [5, 5.41) is 0.495. The van der Waals surface area contributed by atoms with Gasteiger partial charge in [0, 0.05) is 11.9 Å². The van der Waals surface area contributed by atoms with Crippen LogP contribution in [0.3, 0.4) is 0 Å². The molecule has 0 atom stereocenters. The van der Waals surface area contributed by atoms with E-state index >= 15 is 0 Å². The maximum absolute atomic E-state index is 11.5. The number of amides is 2. The minimum atomic E-state index is -0.648. The lowest BCUT2D eigenvalue weighted by Gasteiger charge is -2.06. The van der Waals surface area contributed by atoms with Gasteiger partial charge in [0.25, 0.3) is 5.91 Å². The van der Waals surface area contributed by atoms with Crippen LogP contribution in [0.2, 0.25) is 5.02 Å². The summed E-state index contributed by atoms with van der Waals surface area (Å²) in [7, 11) is 0. The summed E-state index contributed by atoms with van der Waals surface area (Å²) >= 11 is 5.66. The lowest BCUT2D eigenvalue weighted by molar-refractivity contribution is -0.129. The van der Waals surface area contributed by atoms with Gasteiger partial charge in [-0.1, -0.05) is 11.6 Å². The van der Waals surface area contributed by atoms with Crippen molar-refractivity contribution in [3.8, 4) is 0 Å². The molecule has 18 heavy (non-hydrogen) atoms. The van der Waals surface area contributed by atoms with E-state index in [-0.39, 0.29) is 5.56 Å². The first-order valence-electron chi connectivity index (χ1n) is 4.97. The Morgan fingerprint density at radius 3 is 2.33 bits per heavy atom. The predicted octanol–water partition coefficient (Wildman–Crippen LogP) is 0.664. The maximum atomic E-state index is 11.5. The number of hydrogen-bond acceptors (Lipinski definition) is 4. The number of benzene rings is 1. The molecule has 96 valence electrons. The smallest absolute Gasteiger partial charge is 0.338 e. The van der Waals surface area contributed by atoms with Crippen molar-refractivity contribution in [3.05, 3.63) is 34.9 Å². The van der Waals surface area contributed by atoms with Gasteiger partial charge in [0.05, 0.1) is 5.56 Å². The van der Waals surface area contributed by atoms with E-state index in [4.69, 9.17) is 16.3 Å². The molecule has 1 rings (SSSR count). The van der Waals surface area contributed by atoms with Crippen LogP contribution in [0.15, 0.2) is 24.3 Å². The maximum Gasteiger partial charge on any atom is 0.338 e. The van der Waals surface area contributed by atoms with E-state index in [1.54, 1.807) is 0 Å². The largest absolute Gasteiger partial charge is 0.452 e. The fraction of sp³-hybridized carbons (Fsp3) is 0.182. The van der Waals surface area contributed by atoms with Crippen LogP contribution in [0.1, 0.15) is 17.3 Å². The highest BCUT2D eigenvalue weighted by Crippen LogP contribution is 2.10. The van der Waals surface area contributed by atoms with Crippen LogP contribution in [0.4, 0.5) is 0 Å². The van der Waals surface area contributed by atoms with E-state index in [0.29, 0.717) is 5.02 Å². The van der Waals surface area contributed by atoms with Gasteiger partial charge in [-0.3, -0.25) is 20.4 Å². The Morgan fingerprint density at radius 2 is 1.78 bits per heavy atom. The molecule has 6 nitrogen and oxygen atoms in total. The average molecular weight is 271 g/mol. The summed E-state index contributed by atoms with van der Waals surface area (Å²) in [6.07, 6.45) is 0. The second-order valence-corrected chi connectivity index (χ2v) is 3.75. The van der Waals surface area contributed by atoms with Gasteiger partial charge in [0.2, 0.25) is 5.91 Å². The number of rotatable bonds is 3. The van der Waals surface area contributed by atoms with Crippen molar-refractivity contribution in [1.82, 2.24) is 10.9 Å². The molecule has 0 aromatic heterocycles. The third kappa shape index (κ3) is 4.84. The highest BCUT2D eigenvalue weighted by molar-refractivity contribution is 6.30. The molecule has 1 aromatic carbocycles. The van der Waals surface area contributed by atoms with Gasteiger partial charge in [0.15, 0.2) is 6.61 Å². The number of hydrazine groups is 1. The second-order valence-electron chi connectivity index (χ2n) is 3.31. The molecule has 0 spiro atoms. The van der Waals surface area contributed by atoms with Gasteiger partial charge in [-0.25, -0.2) is 4.79 Å². The van der Waals surface area contributed by atoms with Crippen molar-refractivity contribution >= 4 is 29.4 Å². The number of carbonyl (C=O) groups is 3. The van der Waals surface area contributed by atoms with Crippen molar-refractivity contribution in [2.75, 3.05) is 6.61 Å². The van der Waals surface area contributed by atoms with E-state index in [1.807, 2.05) is 0 Å². The first-order valence-corrected chi connectivity index (χ1v) is 5.35. The molecule has 1 aromatic rings. The van der Waals surface area contributed by atoms with Crippen molar-refractivity contribution < 1.29 is 19.1 Å². The topological polar surface area (TPSA) is 84.5 Å². The Kier molecular flexibility index (Phi) is 5.13. The number of halogens is 1. The lowest BCUT2D eigenvalue weighted by Crippen LogP contribution is -2.42. The van der Waals surface area contributed by atoms with Crippen LogP contribution in [0, 0.1) is 0 Å². The molecule has 2 N–H and O–H groups in total. The van der Waals surface area contributed by atoms with Crippen LogP contribution >= 0.6 is 11.6 Å². The quantitative estimate of drug-likeness (QED) is 0.624.